The number of thioether (sulfide) groups is 1. The first kappa shape index (κ1) is 17.3. The summed E-state index contributed by atoms with van der Waals surface area (Å²) in [7, 11) is -2.10. The maximum absolute atomic E-state index is 12.5. The molecule has 0 amide bonds. The van der Waals surface area contributed by atoms with E-state index in [4.69, 9.17) is 16.9 Å². The summed E-state index contributed by atoms with van der Waals surface area (Å²) in [4.78, 5) is 0.0361. The maximum atomic E-state index is 12.5. The number of rotatable bonds is 6. The van der Waals surface area contributed by atoms with Crippen LogP contribution in [-0.4, -0.2) is 37.3 Å². The van der Waals surface area contributed by atoms with E-state index >= 15 is 0 Å². The van der Waals surface area contributed by atoms with Crippen molar-refractivity contribution in [1.29, 1.82) is 5.26 Å². The summed E-state index contributed by atoms with van der Waals surface area (Å²) < 4.78 is 26.3. The van der Waals surface area contributed by atoms with E-state index in [0.29, 0.717) is 5.56 Å². The molecule has 1 aromatic carbocycles. The maximum Gasteiger partial charge on any atom is 0.244 e. The third-order valence-electron chi connectivity index (χ3n) is 2.90. The first-order valence-corrected chi connectivity index (χ1v) is 9.07. The van der Waals surface area contributed by atoms with Crippen molar-refractivity contribution in [2.24, 2.45) is 0 Å². The molecule has 0 aliphatic carbocycles. The van der Waals surface area contributed by atoms with E-state index in [1.807, 2.05) is 19.9 Å². The third kappa shape index (κ3) is 3.89. The van der Waals surface area contributed by atoms with Crippen molar-refractivity contribution >= 4 is 33.4 Å². The molecule has 0 aromatic heterocycles. The Hall–Kier alpha value is -0.740. The Labute approximate surface area is 129 Å². The lowest BCUT2D eigenvalue weighted by Crippen LogP contribution is -2.36. The standard InChI is InChI=1S/C13H17ClN2O2S2/c1-4-19-9-10(2)16(3)20(17,18)13-6-5-11(8-15)7-12(13)14/h5-7,10H,4,9H2,1-3H3/t10-/m0/s1. The molecule has 1 atom stereocenters. The van der Waals surface area contributed by atoms with Gasteiger partial charge in [0.25, 0.3) is 0 Å². The molecule has 1 aromatic rings. The monoisotopic (exact) mass is 332 g/mol. The Morgan fingerprint density at radius 1 is 1.50 bits per heavy atom. The van der Waals surface area contributed by atoms with Gasteiger partial charge in [0.1, 0.15) is 4.90 Å². The lowest BCUT2D eigenvalue weighted by molar-refractivity contribution is 0.415. The number of benzene rings is 1. The summed E-state index contributed by atoms with van der Waals surface area (Å²) in [6.07, 6.45) is 0. The van der Waals surface area contributed by atoms with Gasteiger partial charge in [0.2, 0.25) is 10.0 Å². The zero-order valence-electron chi connectivity index (χ0n) is 11.6. The molecule has 0 unspecified atom stereocenters. The zero-order valence-corrected chi connectivity index (χ0v) is 14.0. The fraction of sp³-hybridized carbons (Fsp3) is 0.462. The highest BCUT2D eigenvalue weighted by Crippen LogP contribution is 2.26. The molecule has 110 valence electrons. The Balaban J connectivity index is 3.08. The largest absolute Gasteiger partial charge is 0.244 e. The van der Waals surface area contributed by atoms with E-state index in [1.165, 1.54) is 22.5 Å². The van der Waals surface area contributed by atoms with Gasteiger partial charge in [0.05, 0.1) is 16.7 Å². The van der Waals surface area contributed by atoms with Crippen molar-refractivity contribution in [1.82, 2.24) is 4.31 Å². The molecule has 0 aliphatic rings. The molecule has 0 bridgehead atoms. The van der Waals surface area contributed by atoms with E-state index in [1.54, 1.807) is 18.8 Å². The first-order chi connectivity index (χ1) is 9.34. The van der Waals surface area contributed by atoms with Crippen LogP contribution in [0, 0.1) is 11.3 Å². The second kappa shape index (κ2) is 7.32. The average molecular weight is 333 g/mol. The van der Waals surface area contributed by atoms with Gasteiger partial charge in [-0.05, 0) is 30.9 Å². The Bertz CT molecular complexity index is 611. The first-order valence-electron chi connectivity index (χ1n) is 6.10. The summed E-state index contributed by atoms with van der Waals surface area (Å²) in [5, 5.41) is 8.85. The van der Waals surface area contributed by atoms with Crippen LogP contribution < -0.4 is 0 Å². The van der Waals surface area contributed by atoms with Gasteiger partial charge in [0, 0.05) is 18.8 Å². The molecule has 0 radical (unpaired) electrons. The minimum absolute atomic E-state index is 0.0361. The molecule has 0 heterocycles. The van der Waals surface area contributed by atoms with Crippen LogP contribution in [0.4, 0.5) is 0 Å². The molecule has 7 heteroatoms. The summed E-state index contributed by atoms with van der Waals surface area (Å²) >= 11 is 7.67. The molecule has 0 fully saturated rings. The SMILES string of the molecule is CCSC[C@H](C)N(C)S(=O)(=O)c1ccc(C#N)cc1Cl. The Kier molecular flexibility index (Phi) is 6.34. The minimum atomic E-state index is -3.65. The van der Waals surface area contributed by atoms with Crippen molar-refractivity contribution in [3.05, 3.63) is 28.8 Å². The van der Waals surface area contributed by atoms with Crippen LogP contribution in [0.3, 0.4) is 0 Å². The van der Waals surface area contributed by atoms with Crippen LogP contribution in [0.2, 0.25) is 5.02 Å². The average Bonchev–Trinajstić information content (AvgIpc) is 2.43. The van der Waals surface area contributed by atoms with E-state index in [-0.39, 0.29) is 16.0 Å². The van der Waals surface area contributed by atoms with E-state index in [9.17, 15) is 8.42 Å². The quantitative estimate of drug-likeness (QED) is 0.803. The van der Waals surface area contributed by atoms with E-state index < -0.39 is 10.0 Å². The van der Waals surface area contributed by atoms with Crippen molar-refractivity contribution < 1.29 is 8.42 Å². The van der Waals surface area contributed by atoms with Crippen LogP contribution in [0.15, 0.2) is 23.1 Å². The molecule has 4 nitrogen and oxygen atoms in total. The number of nitriles is 1. The third-order valence-corrected chi connectivity index (χ3v) is 6.48. The van der Waals surface area contributed by atoms with Gasteiger partial charge in [-0.15, -0.1) is 0 Å². The number of hydrogen-bond acceptors (Lipinski definition) is 4. The van der Waals surface area contributed by atoms with Gasteiger partial charge in [-0.1, -0.05) is 18.5 Å². The van der Waals surface area contributed by atoms with Crippen molar-refractivity contribution in [2.75, 3.05) is 18.6 Å². The molecule has 0 saturated carbocycles. The Morgan fingerprint density at radius 3 is 2.65 bits per heavy atom. The van der Waals surface area contributed by atoms with Gasteiger partial charge in [-0.25, -0.2) is 8.42 Å². The van der Waals surface area contributed by atoms with Crippen LogP contribution in [0.1, 0.15) is 19.4 Å². The van der Waals surface area contributed by atoms with Crippen LogP contribution in [0.5, 0.6) is 0 Å². The number of sulfonamides is 1. The van der Waals surface area contributed by atoms with Gasteiger partial charge in [-0.2, -0.15) is 21.3 Å². The minimum Gasteiger partial charge on any atom is -0.207 e. The van der Waals surface area contributed by atoms with Crippen LogP contribution in [-0.2, 0) is 10.0 Å². The molecule has 20 heavy (non-hydrogen) atoms. The zero-order chi connectivity index (χ0) is 15.3. The van der Waals surface area contributed by atoms with Gasteiger partial charge < -0.3 is 0 Å². The number of halogens is 1. The fourth-order valence-electron chi connectivity index (χ4n) is 1.56. The van der Waals surface area contributed by atoms with Gasteiger partial charge in [-0.3, -0.25) is 0 Å². The molecule has 1 rings (SSSR count). The summed E-state index contributed by atoms with van der Waals surface area (Å²) in [5.41, 5.74) is 0.339. The second-order valence-corrected chi connectivity index (χ2v) is 7.98. The highest BCUT2D eigenvalue weighted by Gasteiger charge is 2.27. The summed E-state index contributed by atoms with van der Waals surface area (Å²) in [5.74, 6) is 1.66. The molecule has 0 aliphatic heterocycles. The smallest absolute Gasteiger partial charge is 0.207 e. The van der Waals surface area contributed by atoms with Gasteiger partial charge in [0.15, 0.2) is 0 Å². The highest BCUT2D eigenvalue weighted by atomic mass is 35.5. The molecular weight excluding hydrogens is 316 g/mol. The fourth-order valence-corrected chi connectivity index (χ4v) is 4.34. The van der Waals surface area contributed by atoms with Gasteiger partial charge >= 0.3 is 0 Å². The lowest BCUT2D eigenvalue weighted by Gasteiger charge is -2.24. The Morgan fingerprint density at radius 2 is 2.15 bits per heavy atom. The predicted molar refractivity (Wildman–Crippen MR) is 83.6 cm³/mol. The summed E-state index contributed by atoms with van der Waals surface area (Å²) in [6.45, 7) is 3.89. The van der Waals surface area contributed by atoms with E-state index in [2.05, 4.69) is 0 Å². The second-order valence-electron chi connectivity index (χ2n) is 4.29. The van der Waals surface area contributed by atoms with Crippen molar-refractivity contribution in [3.63, 3.8) is 0 Å². The topological polar surface area (TPSA) is 61.2 Å². The lowest BCUT2D eigenvalue weighted by atomic mass is 10.2. The number of hydrogen-bond donors (Lipinski definition) is 0. The normalized spacial score (nSPS) is 13.2. The number of nitrogens with zero attached hydrogens (tertiary/aromatic N) is 2. The summed E-state index contributed by atoms with van der Waals surface area (Å²) in [6, 6.07) is 6.01. The highest BCUT2D eigenvalue weighted by molar-refractivity contribution is 7.99. The van der Waals surface area contributed by atoms with E-state index in [0.717, 1.165) is 11.5 Å². The van der Waals surface area contributed by atoms with Crippen LogP contribution in [0.25, 0.3) is 0 Å². The molecular formula is C13H17ClN2O2S2. The predicted octanol–water partition coefficient (Wildman–Crippen LogP) is 2.97. The molecule has 0 spiro atoms. The van der Waals surface area contributed by atoms with Crippen molar-refractivity contribution in [3.8, 4) is 6.07 Å². The molecule has 0 saturated heterocycles. The van der Waals surface area contributed by atoms with Crippen LogP contribution >= 0.6 is 23.4 Å². The molecule has 0 N–H and O–H groups in total. The van der Waals surface area contributed by atoms with Crippen molar-refractivity contribution in [2.45, 2.75) is 24.8 Å².